The molecule has 7 nitrogen and oxygen atoms in total. The lowest BCUT2D eigenvalue weighted by molar-refractivity contribution is -0.148. The van der Waals surface area contributed by atoms with Gasteiger partial charge in [0, 0.05) is 0 Å². The molecule has 4 aromatic rings. The number of fused-ring (bicyclic) bond motifs is 2. The van der Waals surface area contributed by atoms with Crippen molar-refractivity contribution in [2.75, 3.05) is 6.61 Å². The minimum Gasteiger partial charge on any atom is -0.403 e. The van der Waals surface area contributed by atoms with E-state index in [1.165, 1.54) is 16.7 Å². The van der Waals surface area contributed by atoms with Gasteiger partial charge >= 0.3 is 0 Å². The highest BCUT2D eigenvalue weighted by Crippen LogP contribution is 2.45. The van der Waals surface area contributed by atoms with Crippen molar-refractivity contribution in [3.63, 3.8) is 0 Å². The van der Waals surface area contributed by atoms with Crippen molar-refractivity contribution in [1.29, 1.82) is 0 Å². The summed E-state index contributed by atoms with van der Waals surface area (Å²) in [5.74, 6) is -0.729. The molecule has 1 fully saturated rings. The van der Waals surface area contributed by atoms with E-state index in [4.69, 9.17) is 25.5 Å². The fourth-order valence-corrected chi connectivity index (χ4v) is 10.8. The van der Waals surface area contributed by atoms with Crippen LogP contribution in [-0.2, 0) is 13.9 Å². The van der Waals surface area contributed by atoms with E-state index < -0.39 is 14.1 Å². The van der Waals surface area contributed by atoms with Crippen LogP contribution in [0.5, 0.6) is 0 Å². The molecule has 1 aliphatic heterocycles. The molecule has 6 rings (SSSR count). The summed E-state index contributed by atoms with van der Waals surface area (Å²) in [5.41, 5.74) is 2.29. The first-order valence-corrected chi connectivity index (χ1v) is 15.5. The molecule has 0 radical (unpaired) electrons. The van der Waals surface area contributed by atoms with Gasteiger partial charge in [0.25, 0.3) is 8.32 Å². The number of ether oxygens (including phenoxy) is 2. The van der Waals surface area contributed by atoms with E-state index in [-0.39, 0.29) is 23.3 Å². The monoisotopic (exact) mass is 560 g/mol. The predicted octanol–water partition coefficient (Wildman–Crippen LogP) is 5.06. The maximum atomic E-state index is 7.26. The van der Waals surface area contributed by atoms with E-state index in [1.54, 1.807) is 6.33 Å². The summed E-state index contributed by atoms with van der Waals surface area (Å²) in [6, 6.07) is 21.2. The average Bonchev–Trinajstić information content (AvgIpc) is 3.56. The molecule has 1 aliphatic carbocycles. The molecule has 3 heterocycles. The summed E-state index contributed by atoms with van der Waals surface area (Å²) in [6.07, 6.45) is 4.91. The topological polar surface area (TPSA) is 71.3 Å². The highest BCUT2D eigenvalue weighted by Gasteiger charge is 2.54. The second-order valence-electron chi connectivity index (χ2n) is 11.7. The number of benzene rings is 2. The predicted molar refractivity (Wildman–Crippen MR) is 155 cm³/mol. The van der Waals surface area contributed by atoms with Crippen LogP contribution in [0.3, 0.4) is 0 Å². The molecule has 0 bridgehead atoms. The van der Waals surface area contributed by atoms with Crippen LogP contribution in [0.1, 0.15) is 40.7 Å². The second kappa shape index (κ2) is 9.64. The molecule has 0 amide bonds. The fourth-order valence-electron chi connectivity index (χ4n) is 6.10. The first kappa shape index (κ1) is 26.3. The maximum absolute atomic E-state index is 7.26. The van der Waals surface area contributed by atoms with Crippen molar-refractivity contribution in [3.8, 4) is 0 Å². The normalized spacial score (nSPS) is 22.7. The summed E-state index contributed by atoms with van der Waals surface area (Å²) in [6.45, 7) is 11.2. The smallest absolute Gasteiger partial charge is 0.261 e. The van der Waals surface area contributed by atoms with Crippen molar-refractivity contribution in [1.82, 2.24) is 19.5 Å². The van der Waals surface area contributed by atoms with Gasteiger partial charge in [0.05, 0.1) is 19.0 Å². The Morgan fingerprint density at radius 3 is 2.21 bits per heavy atom. The van der Waals surface area contributed by atoms with Gasteiger partial charge in [0.2, 0.25) is 0 Å². The van der Waals surface area contributed by atoms with Gasteiger partial charge in [-0.05, 0) is 34.8 Å². The molecule has 2 aromatic heterocycles. The van der Waals surface area contributed by atoms with Gasteiger partial charge in [-0.1, -0.05) is 99.1 Å². The van der Waals surface area contributed by atoms with Gasteiger partial charge in [-0.2, -0.15) is 0 Å². The van der Waals surface area contributed by atoms with Crippen LogP contribution < -0.4 is 10.4 Å². The van der Waals surface area contributed by atoms with Gasteiger partial charge in [-0.3, -0.25) is 0 Å². The molecule has 0 unspecified atom stereocenters. The number of hydrogen-bond donors (Lipinski definition) is 0. The van der Waals surface area contributed by atoms with Gasteiger partial charge in [-0.25, -0.2) is 15.0 Å². The third kappa shape index (κ3) is 4.44. The Morgan fingerprint density at radius 2 is 1.59 bits per heavy atom. The molecular weight excluding hydrogens is 528 g/mol. The molecule has 0 saturated carbocycles. The highest BCUT2D eigenvalue weighted by atomic mass is 35.5. The van der Waals surface area contributed by atoms with Gasteiger partial charge in [0.15, 0.2) is 16.6 Å². The number of hydrogen-bond acceptors (Lipinski definition) is 6. The molecule has 39 heavy (non-hydrogen) atoms. The van der Waals surface area contributed by atoms with Crippen molar-refractivity contribution in [3.05, 3.63) is 90.1 Å². The van der Waals surface area contributed by atoms with Crippen molar-refractivity contribution in [2.45, 2.75) is 63.7 Å². The SMILES string of the molecule is CC1(C)O[C@@H]2[C@H](O1)C(CO[Si](c1ccccc1)(c1ccccc1)C(C)(C)C)=C[C@H]2n1cnc2c(Cl)ncnc21. The molecule has 1 saturated heterocycles. The number of halogens is 1. The quantitative estimate of drug-likeness (QED) is 0.186. The summed E-state index contributed by atoms with van der Waals surface area (Å²) < 4.78 is 22.2. The summed E-state index contributed by atoms with van der Waals surface area (Å²) in [4.78, 5) is 13.0. The Hall–Kier alpha value is -2.88. The number of nitrogens with zero attached hydrogens (tertiary/aromatic N) is 4. The molecular formula is C30H33ClN4O3Si. The summed E-state index contributed by atoms with van der Waals surface area (Å²) in [5, 5.41) is 2.68. The van der Waals surface area contributed by atoms with Crippen molar-refractivity contribution < 1.29 is 13.9 Å². The Balaban J connectivity index is 1.42. The Bertz CT molecular complexity index is 1480. The van der Waals surface area contributed by atoms with Crippen LogP contribution in [0.25, 0.3) is 11.2 Å². The van der Waals surface area contributed by atoms with Crippen LogP contribution in [0.4, 0.5) is 0 Å². The van der Waals surface area contributed by atoms with E-state index >= 15 is 0 Å². The average molecular weight is 561 g/mol. The van der Waals surface area contributed by atoms with Crippen LogP contribution in [0, 0.1) is 0 Å². The van der Waals surface area contributed by atoms with Gasteiger partial charge in [0.1, 0.15) is 24.1 Å². The number of aromatic nitrogens is 4. The molecule has 3 atom stereocenters. The largest absolute Gasteiger partial charge is 0.403 e. The van der Waals surface area contributed by atoms with Crippen LogP contribution in [0.15, 0.2) is 85.0 Å². The van der Waals surface area contributed by atoms with Gasteiger partial charge < -0.3 is 18.5 Å². The molecule has 202 valence electrons. The molecule has 2 aromatic carbocycles. The van der Waals surface area contributed by atoms with E-state index in [2.05, 4.69) is 102 Å². The van der Waals surface area contributed by atoms with Gasteiger partial charge in [-0.15, -0.1) is 0 Å². The number of rotatable bonds is 6. The van der Waals surface area contributed by atoms with E-state index in [0.717, 1.165) is 5.57 Å². The third-order valence-electron chi connectivity index (χ3n) is 7.72. The van der Waals surface area contributed by atoms with E-state index in [0.29, 0.717) is 22.9 Å². The van der Waals surface area contributed by atoms with Crippen LogP contribution in [-0.4, -0.2) is 52.4 Å². The van der Waals surface area contributed by atoms with Crippen LogP contribution in [0.2, 0.25) is 10.2 Å². The Labute approximate surface area is 234 Å². The maximum Gasteiger partial charge on any atom is 0.261 e. The Morgan fingerprint density at radius 1 is 0.949 bits per heavy atom. The van der Waals surface area contributed by atoms with Crippen molar-refractivity contribution >= 4 is 41.5 Å². The first-order valence-electron chi connectivity index (χ1n) is 13.2. The molecule has 9 heteroatoms. The first-order chi connectivity index (χ1) is 18.6. The minimum absolute atomic E-state index is 0.131. The zero-order valence-corrected chi connectivity index (χ0v) is 24.6. The van der Waals surface area contributed by atoms with E-state index in [9.17, 15) is 0 Å². The fraction of sp³-hybridized carbons (Fsp3) is 0.367. The second-order valence-corrected chi connectivity index (χ2v) is 16.4. The standard InChI is InChI=1S/C30H33ClN4O3Si/c1-29(2,3)39(21-12-8-6-9-13-21,22-14-10-7-11-15-22)36-17-20-16-23(26-25(20)37-30(4,5)38-26)35-19-34-24-27(31)32-18-33-28(24)35/h6-16,18-19,23,25-26H,17H2,1-5H3/t23-,25-,26+/m1/s1. The number of imidazole rings is 1. The lowest BCUT2D eigenvalue weighted by Gasteiger charge is -2.43. The van der Waals surface area contributed by atoms with E-state index in [1.807, 2.05) is 18.4 Å². The molecule has 0 spiro atoms. The Kier molecular flexibility index (Phi) is 6.51. The molecule has 0 N–H and O–H groups in total. The van der Waals surface area contributed by atoms with Crippen molar-refractivity contribution in [2.24, 2.45) is 0 Å². The highest BCUT2D eigenvalue weighted by molar-refractivity contribution is 6.99. The molecule has 2 aliphatic rings. The lowest BCUT2D eigenvalue weighted by atomic mass is 10.1. The summed E-state index contributed by atoms with van der Waals surface area (Å²) >= 11 is 6.31. The summed E-state index contributed by atoms with van der Waals surface area (Å²) in [7, 11) is -2.73. The lowest BCUT2D eigenvalue weighted by Crippen LogP contribution is -2.66. The minimum atomic E-state index is -2.73. The zero-order valence-electron chi connectivity index (χ0n) is 22.8. The zero-order chi connectivity index (χ0) is 27.4. The van der Waals surface area contributed by atoms with Crippen LogP contribution >= 0.6 is 11.6 Å². The third-order valence-corrected chi connectivity index (χ3v) is 13.0.